The number of nitrogens with two attached hydrogens (primary N) is 1. The number of anilines is 1. The average Bonchev–Trinajstić information content (AvgIpc) is 2.58. The van der Waals surface area contributed by atoms with Crippen molar-refractivity contribution < 1.29 is 0 Å². The monoisotopic (exact) mass is 240 g/mol. The summed E-state index contributed by atoms with van der Waals surface area (Å²) in [5, 5.41) is 13.6. The van der Waals surface area contributed by atoms with Crippen molar-refractivity contribution in [1.29, 1.82) is 0 Å². The zero-order valence-electron chi connectivity index (χ0n) is 7.59. The second-order valence-electron chi connectivity index (χ2n) is 3.05. The molecule has 1 saturated heterocycles. The van der Waals surface area contributed by atoms with Crippen LogP contribution in [0.4, 0.5) is 5.95 Å². The number of aromatic amines is 1. The van der Waals surface area contributed by atoms with E-state index in [4.69, 9.17) is 5.73 Å². The summed E-state index contributed by atoms with van der Waals surface area (Å²) >= 11 is 0. The Balaban J connectivity index is 0.000000845. The van der Waals surface area contributed by atoms with Crippen LogP contribution in [0.25, 0.3) is 0 Å². The van der Waals surface area contributed by atoms with Crippen LogP contribution in [0.1, 0.15) is 12.8 Å². The lowest BCUT2D eigenvalue weighted by molar-refractivity contribution is 0.495. The van der Waals surface area contributed by atoms with Crippen molar-refractivity contribution in [2.24, 2.45) is 5.73 Å². The lowest BCUT2D eigenvalue weighted by atomic mass is 10.1. The van der Waals surface area contributed by atoms with Gasteiger partial charge in [-0.3, -0.25) is 0 Å². The molecule has 1 aromatic heterocycles. The number of tetrazole rings is 1. The van der Waals surface area contributed by atoms with E-state index >= 15 is 0 Å². The summed E-state index contributed by atoms with van der Waals surface area (Å²) in [5.41, 5.74) is 5.76. The number of nitrogens with one attached hydrogen (secondary N) is 1. The van der Waals surface area contributed by atoms with Crippen molar-refractivity contribution in [1.82, 2.24) is 20.6 Å². The molecule has 0 unspecified atom stereocenters. The minimum absolute atomic E-state index is 0. The number of aromatic nitrogens is 4. The largest absolute Gasteiger partial charge is 0.340 e. The van der Waals surface area contributed by atoms with Crippen molar-refractivity contribution in [2.75, 3.05) is 18.0 Å². The van der Waals surface area contributed by atoms with Gasteiger partial charge in [0.1, 0.15) is 0 Å². The highest BCUT2D eigenvalue weighted by Crippen LogP contribution is 2.12. The highest BCUT2D eigenvalue weighted by atomic mass is 35.5. The normalized spacial score (nSPS) is 17.1. The Kier molecular flexibility index (Phi) is 5.75. The number of piperidine rings is 1. The van der Waals surface area contributed by atoms with Gasteiger partial charge in [0.15, 0.2) is 0 Å². The molecular weight excluding hydrogens is 227 g/mol. The first-order valence-corrected chi connectivity index (χ1v) is 4.10. The van der Waals surface area contributed by atoms with E-state index in [2.05, 4.69) is 25.5 Å². The third-order valence-electron chi connectivity index (χ3n) is 2.17. The minimum atomic E-state index is 0. The lowest BCUT2D eigenvalue weighted by Crippen LogP contribution is -2.40. The van der Waals surface area contributed by atoms with E-state index < -0.39 is 0 Å². The van der Waals surface area contributed by atoms with Gasteiger partial charge in [-0.1, -0.05) is 5.10 Å². The fourth-order valence-electron chi connectivity index (χ4n) is 1.40. The Morgan fingerprint density at radius 1 is 1.29 bits per heavy atom. The quantitative estimate of drug-likeness (QED) is 0.721. The van der Waals surface area contributed by atoms with Crippen LogP contribution in [0.2, 0.25) is 0 Å². The number of halogens is 2. The first-order chi connectivity index (χ1) is 5.86. The first-order valence-electron chi connectivity index (χ1n) is 4.10. The van der Waals surface area contributed by atoms with E-state index in [0.717, 1.165) is 31.9 Å². The SMILES string of the molecule is Cl.Cl.NC1CCN(c2nnn[nH]2)CC1. The average molecular weight is 241 g/mol. The topological polar surface area (TPSA) is 83.7 Å². The number of nitrogens with zero attached hydrogens (tertiary/aromatic N) is 4. The number of hydrogen-bond acceptors (Lipinski definition) is 5. The van der Waals surface area contributed by atoms with E-state index in [1.54, 1.807) is 0 Å². The second kappa shape index (κ2) is 6.00. The van der Waals surface area contributed by atoms with Gasteiger partial charge in [0.25, 0.3) is 0 Å². The second-order valence-corrected chi connectivity index (χ2v) is 3.05. The molecule has 0 amide bonds. The Morgan fingerprint density at radius 2 is 1.93 bits per heavy atom. The van der Waals surface area contributed by atoms with Crippen LogP contribution < -0.4 is 10.6 Å². The van der Waals surface area contributed by atoms with Gasteiger partial charge < -0.3 is 10.6 Å². The van der Waals surface area contributed by atoms with E-state index in [1.807, 2.05) is 0 Å². The van der Waals surface area contributed by atoms with Crippen molar-refractivity contribution in [3.05, 3.63) is 0 Å². The summed E-state index contributed by atoms with van der Waals surface area (Å²) < 4.78 is 0. The van der Waals surface area contributed by atoms with Gasteiger partial charge in [0.05, 0.1) is 0 Å². The lowest BCUT2D eigenvalue weighted by Gasteiger charge is -2.28. The van der Waals surface area contributed by atoms with Gasteiger partial charge in [0, 0.05) is 19.1 Å². The molecule has 2 rings (SSSR count). The van der Waals surface area contributed by atoms with Gasteiger partial charge >= 0.3 is 0 Å². The molecule has 1 fully saturated rings. The van der Waals surface area contributed by atoms with E-state index in [1.165, 1.54) is 0 Å². The van der Waals surface area contributed by atoms with E-state index in [-0.39, 0.29) is 24.8 Å². The van der Waals surface area contributed by atoms with E-state index in [9.17, 15) is 0 Å². The molecule has 6 nitrogen and oxygen atoms in total. The Bertz CT molecular complexity index is 232. The maximum atomic E-state index is 5.76. The van der Waals surface area contributed by atoms with Gasteiger partial charge in [-0.25, -0.2) is 5.10 Å². The molecule has 0 radical (unpaired) electrons. The van der Waals surface area contributed by atoms with Crippen LogP contribution in [0.5, 0.6) is 0 Å². The maximum absolute atomic E-state index is 5.76. The van der Waals surface area contributed by atoms with Gasteiger partial charge in [-0.05, 0) is 23.3 Å². The molecule has 1 aliphatic rings. The van der Waals surface area contributed by atoms with Crippen LogP contribution in [0.3, 0.4) is 0 Å². The van der Waals surface area contributed by atoms with Gasteiger partial charge in [-0.15, -0.1) is 24.8 Å². The highest BCUT2D eigenvalue weighted by Gasteiger charge is 2.17. The van der Waals surface area contributed by atoms with Crippen molar-refractivity contribution in [2.45, 2.75) is 18.9 Å². The minimum Gasteiger partial charge on any atom is -0.340 e. The predicted octanol–water partition coefficient (Wildman–Crippen LogP) is -0.0292. The maximum Gasteiger partial charge on any atom is 0.242 e. The summed E-state index contributed by atoms with van der Waals surface area (Å²) in [6, 6.07) is 0.345. The zero-order valence-corrected chi connectivity index (χ0v) is 9.22. The fourth-order valence-corrected chi connectivity index (χ4v) is 1.40. The smallest absolute Gasteiger partial charge is 0.242 e. The van der Waals surface area contributed by atoms with Crippen molar-refractivity contribution in [3.63, 3.8) is 0 Å². The standard InChI is InChI=1S/C6H12N6.2ClH/c7-5-1-3-12(4-2-5)6-8-10-11-9-6;;/h5H,1-4,7H2,(H,8,9,10,11);2*1H. The van der Waals surface area contributed by atoms with Crippen molar-refractivity contribution >= 4 is 30.8 Å². The first kappa shape index (κ1) is 13.4. The molecule has 8 heteroatoms. The molecule has 1 aromatic rings. The van der Waals surface area contributed by atoms with E-state index in [0.29, 0.717) is 6.04 Å². The summed E-state index contributed by atoms with van der Waals surface area (Å²) in [5.74, 6) is 0.752. The van der Waals surface area contributed by atoms with Gasteiger partial charge in [0.2, 0.25) is 5.95 Å². The molecule has 0 bridgehead atoms. The van der Waals surface area contributed by atoms with Crippen LogP contribution >= 0.6 is 24.8 Å². The van der Waals surface area contributed by atoms with Crippen LogP contribution in [-0.4, -0.2) is 39.8 Å². The predicted molar refractivity (Wildman–Crippen MR) is 58.1 cm³/mol. The molecule has 0 aromatic carbocycles. The molecule has 0 spiro atoms. The molecule has 0 aliphatic carbocycles. The summed E-state index contributed by atoms with van der Waals surface area (Å²) in [4.78, 5) is 2.11. The summed E-state index contributed by atoms with van der Waals surface area (Å²) in [6.07, 6.45) is 2.03. The molecule has 82 valence electrons. The Morgan fingerprint density at radius 3 is 2.43 bits per heavy atom. The van der Waals surface area contributed by atoms with Crippen molar-refractivity contribution in [3.8, 4) is 0 Å². The van der Waals surface area contributed by atoms with Crippen LogP contribution in [0.15, 0.2) is 0 Å². The number of H-pyrrole nitrogens is 1. The summed E-state index contributed by atoms with van der Waals surface area (Å²) in [6.45, 7) is 1.88. The van der Waals surface area contributed by atoms with Crippen LogP contribution in [0, 0.1) is 0 Å². The highest BCUT2D eigenvalue weighted by molar-refractivity contribution is 5.85. The van der Waals surface area contributed by atoms with Crippen LogP contribution in [-0.2, 0) is 0 Å². The third-order valence-corrected chi connectivity index (χ3v) is 2.17. The molecule has 0 saturated carbocycles. The van der Waals surface area contributed by atoms with Gasteiger partial charge in [-0.2, -0.15) is 0 Å². The Labute approximate surface area is 94.4 Å². The summed E-state index contributed by atoms with van der Waals surface area (Å²) in [7, 11) is 0. The molecule has 14 heavy (non-hydrogen) atoms. The molecular formula is C6H14Cl2N6. The molecule has 3 N–H and O–H groups in total. The fraction of sp³-hybridized carbons (Fsp3) is 0.833. The number of rotatable bonds is 1. The molecule has 0 atom stereocenters. The molecule has 2 heterocycles. The molecule has 1 aliphatic heterocycles. The third kappa shape index (κ3) is 2.97. The zero-order chi connectivity index (χ0) is 8.39. The number of hydrogen-bond donors (Lipinski definition) is 2. The Hall–Kier alpha value is -0.590.